The van der Waals surface area contributed by atoms with Gasteiger partial charge in [0.15, 0.2) is 5.60 Å². The van der Waals surface area contributed by atoms with E-state index in [-0.39, 0.29) is 51.9 Å². The molecule has 9 heteroatoms. The largest absolute Gasteiger partial charge is 0.489 e. The molecule has 2 saturated carbocycles. The molecule has 220 valence electrons. The van der Waals surface area contributed by atoms with Gasteiger partial charge in [-0.3, -0.25) is 4.79 Å². The van der Waals surface area contributed by atoms with E-state index in [0.29, 0.717) is 42.7 Å². The molecule has 0 saturated heterocycles. The molecule has 0 bridgehead atoms. The lowest BCUT2D eigenvalue weighted by Gasteiger charge is -2.36. The molecule has 3 atom stereocenters. The Morgan fingerprint density at radius 1 is 1.12 bits per heavy atom. The Labute approximate surface area is 248 Å². The molecule has 2 unspecified atom stereocenters. The predicted molar refractivity (Wildman–Crippen MR) is 155 cm³/mol. The van der Waals surface area contributed by atoms with Crippen LogP contribution in [-0.4, -0.2) is 42.4 Å². The molecule has 4 aliphatic rings. The number of hydrogen-bond acceptors (Lipinski definition) is 5. The first kappa shape index (κ1) is 27.6. The van der Waals surface area contributed by atoms with Crippen LogP contribution in [0.3, 0.4) is 0 Å². The van der Waals surface area contributed by atoms with Crippen LogP contribution < -0.4 is 20.1 Å². The van der Waals surface area contributed by atoms with E-state index in [1.807, 2.05) is 37.3 Å². The van der Waals surface area contributed by atoms with Gasteiger partial charge in [-0.15, -0.1) is 0 Å². The van der Waals surface area contributed by atoms with Gasteiger partial charge in [-0.05, 0) is 50.7 Å². The summed E-state index contributed by atoms with van der Waals surface area (Å²) in [5, 5.41) is 16.4. The van der Waals surface area contributed by atoms with Gasteiger partial charge in [-0.1, -0.05) is 41.9 Å². The molecule has 2 aliphatic carbocycles. The second-order valence-corrected chi connectivity index (χ2v) is 12.8. The maximum absolute atomic E-state index is 16.5. The van der Waals surface area contributed by atoms with Crippen LogP contribution in [0.1, 0.15) is 72.0 Å². The molecule has 6 nitrogen and oxygen atoms in total. The first-order valence-corrected chi connectivity index (χ1v) is 15.0. The molecular formula is C33H33ClF2N2O4. The summed E-state index contributed by atoms with van der Waals surface area (Å²) in [5.41, 5.74) is 0.408. The second kappa shape index (κ2) is 9.93. The van der Waals surface area contributed by atoms with Gasteiger partial charge in [0, 0.05) is 60.3 Å². The summed E-state index contributed by atoms with van der Waals surface area (Å²) >= 11 is 6.67. The molecular weight excluding hydrogens is 562 g/mol. The molecule has 0 aromatic heterocycles. The zero-order valence-electron chi connectivity index (χ0n) is 23.5. The summed E-state index contributed by atoms with van der Waals surface area (Å²) in [6, 6.07) is 12.7. The lowest BCUT2D eigenvalue weighted by Crippen LogP contribution is -2.48. The molecule has 3 aromatic carbocycles. The van der Waals surface area contributed by atoms with E-state index in [4.69, 9.17) is 21.1 Å². The smallest absolute Gasteiger partial charge is 0.251 e. The molecule has 3 aromatic rings. The molecule has 1 amide bonds. The van der Waals surface area contributed by atoms with Crippen molar-refractivity contribution in [2.75, 3.05) is 13.6 Å². The Hall–Kier alpha value is -3.20. The zero-order chi connectivity index (χ0) is 29.4. The maximum atomic E-state index is 16.5. The van der Waals surface area contributed by atoms with Gasteiger partial charge in [0.2, 0.25) is 0 Å². The van der Waals surface area contributed by atoms with Gasteiger partial charge in [0.1, 0.15) is 29.2 Å². The number of halogens is 3. The van der Waals surface area contributed by atoms with Crippen LogP contribution in [0.15, 0.2) is 42.5 Å². The third-order valence-electron chi connectivity index (χ3n) is 9.46. The normalized spacial score (nSPS) is 28.8. The van der Waals surface area contributed by atoms with Gasteiger partial charge in [0.05, 0.1) is 16.2 Å². The maximum Gasteiger partial charge on any atom is 0.251 e. The van der Waals surface area contributed by atoms with E-state index in [1.165, 1.54) is 13.1 Å². The number of carbonyl (C=O) groups excluding carboxylic acids is 1. The Morgan fingerprint density at radius 2 is 1.86 bits per heavy atom. The van der Waals surface area contributed by atoms with Gasteiger partial charge in [0.25, 0.3) is 5.91 Å². The van der Waals surface area contributed by atoms with Gasteiger partial charge in [-0.2, -0.15) is 0 Å². The fourth-order valence-electron chi connectivity index (χ4n) is 6.97. The summed E-state index contributed by atoms with van der Waals surface area (Å²) in [6.45, 7) is 2.27. The molecule has 3 N–H and O–H groups in total. The molecule has 2 aliphatic heterocycles. The van der Waals surface area contributed by atoms with Crippen molar-refractivity contribution in [3.05, 3.63) is 81.4 Å². The Kier molecular flexibility index (Phi) is 6.53. The monoisotopic (exact) mass is 594 g/mol. The fraction of sp³-hybridized carbons (Fsp3) is 0.424. The molecule has 2 heterocycles. The SMILES string of the molecule is CNC(=O)c1cc2c(c(F)c1-c1c(Cl)c(F)cc3c1C[C@@](CN[C@H]1CC[C@](C)(O)CC1)(c1ccccc1)O3)C1CC1O2. The van der Waals surface area contributed by atoms with E-state index < -0.39 is 28.7 Å². The van der Waals surface area contributed by atoms with Crippen molar-refractivity contribution in [1.29, 1.82) is 0 Å². The number of fused-ring (bicyclic) bond motifs is 4. The molecule has 0 radical (unpaired) electrons. The van der Waals surface area contributed by atoms with Crippen molar-refractivity contribution in [2.45, 2.75) is 74.7 Å². The number of benzene rings is 3. The molecule has 7 rings (SSSR count). The second-order valence-electron chi connectivity index (χ2n) is 12.4. The standard InChI is InChI=1S/C33H33ClF2N2O4/c1-32(40)10-8-18(9-11-32)38-16-33(17-6-4-3-5-7-17)15-21-24(42-33)14-22(35)29(34)27(21)28-20(31(39)37-2)13-25-26(30(28)36)19-12-23(19)41-25/h3-7,13-14,18-19,23,38,40H,8-12,15-16H2,1-2H3,(H,37,39)/t18-,19?,23?,32-,33-/m1/s1. The average molecular weight is 595 g/mol. The number of ether oxygens (including phenoxy) is 2. The summed E-state index contributed by atoms with van der Waals surface area (Å²) in [5.74, 6) is -1.33. The minimum absolute atomic E-state index is 0.0278. The van der Waals surface area contributed by atoms with Crippen LogP contribution in [0.25, 0.3) is 11.1 Å². The third-order valence-corrected chi connectivity index (χ3v) is 9.83. The summed E-state index contributed by atoms with van der Waals surface area (Å²) in [4.78, 5) is 13.1. The van der Waals surface area contributed by atoms with Crippen molar-refractivity contribution in [1.82, 2.24) is 10.6 Å². The number of rotatable bonds is 6. The highest BCUT2D eigenvalue weighted by molar-refractivity contribution is 6.34. The number of carbonyl (C=O) groups is 1. The first-order chi connectivity index (χ1) is 20.1. The van der Waals surface area contributed by atoms with Crippen LogP contribution in [-0.2, 0) is 12.0 Å². The van der Waals surface area contributed by atoms with E-state index in [1.54, 1.807) is 6.07 Å². The van der Waals surface area contributed by atoms with Crippen molar-refractivity contribution in [2.24, 2.45) is 0 Å². The minimum atomic E-state index is -0.930. The van der Waals surface area contributed by atoms with Gasteiger partial charge in [-0.25, -0.2) is 8.78 Å². The van der Waals surface area contributed by atoms with E-state index in [9.17, 15) is 9.90 Å². The van der Waals surface area contributed by atoms with Gasteiger partial charge >= 0.3 is 0 Å². The van der Waals surface area contributed by atoms with Crippen molar-refractivity contribution in [3.8, 4) is 22.6 Å². The van der Waals surface area contributed by atoms with Crippen LogP contribution in [0.4, 0.5) is 8.78 Å². The highest BCUT2D eigenvalue weighted by atomic mass is 35.5. The Bertz CT molecular complexity index is 1590. The molecule has 42 heavy (non-hydrogen) atoms. The van der Waals surface area contributed by atoms with Crippen molar-refractivity contribution in [3.63, 3.8) is 0 Å². The zero-order valence-corrected chi connectivity index (χ0v) is 24.3. The lowest BCUT2D eigenvalue weighted by atomic mass is 9.82. The first-order valence-electron chi connectivity index (χ1n) is 14.6. The fourth-order valence-corrected chi connectivity index (χ4v) is 7.23. The topological polar surface area (TPSA) is 79.8 Å². The van der Waals surface area contributed by atoms with Crippen LogP contribution >= 0.6 is 11.6 Å². The number of amides is 1. The Balaban J connectivity index is 1.34. The highest BCUT2D eigenvalue weighted by Gasteiger charge is 2.52. The van der Waals surface area contributed by atoms with E-state index in [0.717, 1.165) is 18.4 Å². The van der Waals surface area contributed by atoms with E-state index in [2.05, 4.69) is 10.6 Å². The lowest BCUT2D eigenvalue weighted by molar-refractivity contribution is 0.0104. The van der Waals surface area contributed by atoms with Crippen LogP contribution in [0.5, 0.6) is 11.5 Å². The average Bonchev–Trinajstić information content (AvgIpc) is 3.48. The third kappa shape index (κ3) is 4.46. The highest BCUT2D eigenvalue weighted by Crippen LogP contribution is 2.58. The Morgan fingerprint density at radius 3 is 2.57 bits per heavy atom. The summed E-state index contributed by atoms with van der Waals surface area (Å²) < 4.78 is 44.6. The van der Waals surface area contributed by atoms with Gasteiger partial charge < -0.3 is 25.2 Å². The van der Waals surface area contributed by atoms with Crippen molar-refractivity contribution < 1.29 is 28.2 Å². The molecule has 2 fully saturated rings. The van der Waals surface area contributed by atoms with E-state index >= 15 is 8.78 Å². The van der Waals surface area contributed by atoms with Crippen LogP contribution in [0, 0.1) is 11.6 Å². The number of hydrogen-bond donors (Lipinski definition) is 3. The van der Waals surface area contributed by atoms with Crippen molar-refractivity contribution >= 4 is 17.5 Å². The number of nitrogens with one attached hydrogen (secondary N) is 2. The summed E-state index contributed by atoms with van der Waals surface area (Å²) in [6.07, 6.45) is 3.92. The minimum Gasteiger partial charge on any atom is -0.489 e. The van der Waals surface area contributed by atoms with Crippen LogP contribution in [0.2, 0.25) is 5.02 Å². The molecule has 0 spiro atoms. The quantitative estimate of drug-likeness (QED) is 0.326. The summed E-state index contributed by atoms with van der Waals surface area (Å²) in [7, 11) is 1.47. The number of aliphatic hydroxyl groups is 1. The predicted octanol–water partition coefficient (Wildman–Crippen LogP) is 6.01.